The molecule has 6 heteroatoms. The molecule has 0 bridgehead atoms. The van der Waals surface area contributed by atoms with Crippen LogP contribution < -0.4 is 10.1 Å². The molecule has 3 aromatic rings. The minimum Gasteiger partial charge on any atom is -0.482 e. The second kappa shape index (κ2) is 13.5. The molecule has 0 aliphatic rings. The second-order valence-electron chi connectivity index (χ2n) is 8.58. The third-order valence-corrected chi connectivity index (χ3v) is 6.04. The van der Waals surface area contributed by atoms with Crippen molar-refractivity contribution in [2.24, 2.45) is 0 Å². The van der Waals surface area contributed by atoms with E-state index < -0.39 is 6.04 Å². The van der Waals surface area contributed by atoms with Crippen molar-refractivity contribution in [3.05, 3.63) is 101 Å². The number of nitrogens with one attached hydrogen (secondary N) is 1. The molecule has 0 spiro atoms. The van der Waals surface area contributed by atoms with Gasteiger partial charge in [-0.2, -0.15) is 0 Å². The quantitative estimate of drug-likeness (QED) is 0.335. The third-order valence-electron chi connectivity index (χ3n) is 5.72. The summed E-state index contributed by atoms with van der Waals surface area (Å²) < 4.78 is 5.76. The van der Waals surface area contributed by atoms with E-state index in [0.717, 1.165) is 29.5 Å². The highest BCUT2D eigenvalue weighted by molar-refractivity contribution is 6.32. The van der Waals surface area contributed by atoms with Gasteiger partial charge in [0.1, 0.15) is 11.8 Å². The van der Waals surface area contributed by atoms with E-state index in [4.69, 9.17) is 16.3 Å². The number of amides is 2. The summed E-state index contributed by atoms with van der Waals surface area (Å²) in [5, 5.41) is 3.46. The van der Waals surface area contributed by atoms with Gasteiger partial charge in [0.15, 0.2) is 6.61 Å². The Labute approximate surface area is 213 Å². The molecule has 3 aromatic carbocycles. The Bertz CT molecular complexity index is 1100. The Kier molecular flexibility index (Phi) is 10.2. The summed E-state index contributed by atoms with van der Waals surface area (Å²) in [6, 6.07) is 24.1. The molecule has 35 heavy (non-hydrogen) atoms. The number of hydrogen-bond donors (Lipinski definition) is 1. The first-order chi connectivity index (χ1) is 17.0. The van der Waals surface area contributed by atoms with Crippen LogP contribution in [0.5, 0.6) is 5.75 Å². The number of benzene rings is 3. The zero-order valence-electron chi connectivity index (χ0n) is 20.4. The molecule has 0 fully saturated rings. The Morgan fingerprint density at radius 2 is 1.69 bits per heavy atom. The average molecular weight is 493 g/mol. The predicted octanol–water partition coefficient (Wildman–Crippen LogP) is 5.58. The van der Waals surface area contributed by atoms with Gasteiger partial charge >= 0.3 is 0 Å². The standard InChI is InChI=1S/C29H33ClN2O3/c1-3-4-17-31-29(34)26(19-23-12-6-5-7-13-23)32(20-24-14-10-11-22(2)18-24)28(33)21-35-27-16-9-8-15-25(27)30/h5-16,18,26H,3-4,17,19-21H2,1-2H3,(H,31,34)/t26-/m0/s1. The van der Waals surface area contributed by atoms with Crippen molar-refractivity contribution in [3.63, 3.8) is 0 Å². The molecule has 0 aromatic heterocycles. The molecular formula is C29H33ClN2O3. The van der Waals surface area contributed by atoms with Crippen molar-refractivity contribution in [3.8, 4) is 5.75 Å². The number of rotatable bonds is 12. The van der Waals surface area contributed by atoms with Crippen LogP contribution in [0, 0.1) is 6.92 Å². The van der Waals surface area contributed by atoms with Gasteiger partial charge in [-0.25, -0.2) is 0 Å². The molecule has 1 atom stereocenters. The van der Waals surface area contributed by atoms with Crippen molar-refractivity contribution in [2.45, 2.75) is 45.7 Å². The van der Waals surface area contributed by atoms with E-state index in [9.17, 15) is 9.59 Å². The van der Waals surface area contributed by atoms with Crippen LogP contribution in [0.4, 0.5) is 0 Å². The molecule has 0 radical (unpaired) electrons. The Morgan fingerprint density at radius 3 is 2.40 bits per heavy atom. The van der Waals surface area contributed by atoms with Crippen LogP contribution in [-0.2, 0) is 22.6 Å². The zero-order valence-corrected chi connectivity index (χ0v) is 21.1. The first-order valence-corrected chi connectivity index (χ1v) is 12.4. The summed E-state index contributed by atoms with van der Waals surface area (Å²) >= 11 is 6.21. The summed E-state index contributed by atoms with van der Waals surface area (Å²) in [6.07, 6.45) is 2.26. The minimum absolute atomic E-state index is 0.166. The van der Waals surface area contributed by atoms with Crippen LogP contribution in [0.2, 0.25) is 5.02 Å². The summed E-state index contributed by atoms with van der Waals surface area (Å²) in [6.45, 7) is 4.74. The first-order valence-electron chi connectivity index (χ1n) is 12.0. The molecule has 0 aliphatic heterocycles. The molecule has 0 saturated carbocycles. The smallest absolute Gasteiger partial charge is 0.261 e. The van der Waals surface area contributed by atoms with Gasteiger partial charge in [0, 0.05) is 19.5 Å². The van der Waals surface area contributed by atoms with Gasteiger partial charge in [-0.05, 0) is 36.6 Å². The fourth-order valence-electron chi connectivity index (χ4n) is 3.85. The number of para-hydroxylation sites is 1. The number of carbonyl (C=O) groups is 2. The summed E-state index contributed by atoms with van der Waals surface area (Å²) in [5.74, 6) is -0.0101. The topological polar surface area (TPSA) is 58.6 Å². The van der Waals surface area contributed by atoms with Crippen molar-refractivity contribution in [1.82, 2.24) is 10.2 Å². The molecule has 5 nitrogen and oxygen atoms in total. The van der Waals surface area contributed by atoms with Gasteiger partial charge in [0.2, 0.25) is 5.91 Å². The fourth-order valence-corrected chi connectivity index (χ4v) is 4.04. The lowest BCUT2D eigenvalue weighted by Gasteiger charge is -2.31. The van der Waals surface area contributed by atoms with Crippen LogP contribution >= 0.6 is 11.6 Å². The van der Waals surface area contributed by atoms with E-state index in [0.29, 0.717) is 30.3 Å². The number of halogens is 1. The number of carbonyl (C=O) groups excluding carboxylic acids is 2. The van der Waals surface area contributed by atoms with E-state index >= 15 is 0 Å². The molecule has 3 rings (SSSR count). The van der Waals surface area contributed by atoms with Crippen LogP contribution in [0.1, 0.15) is 36.5 Å². The van der Waals surface area contributed by atoms with Gasteiger partial charge < -0.3 is 15.0 Å². The van der Waals surface area contributed by atoms with Crippen LogP contribution in [0.25, 0.3) is 0 Å². The van der Waals surface area contributed by atoms with Crippen LogP contribution in [-0.4, -0.2) is 35.9 Å². The van der Waals surface area contributed by atoms with E-state index in [1.54, 1.807) is 29.2 Å². The summed E-state index contributed by atoms with van der Waals surface area (Å²) in [5.41, 5.74) is 3.03. The zero-order chi connectivity index (χ0) is 25.0. The number of nitrogens with zero attached hydrogens (tertiary/aromatic N) is 1. The van der Waals surface area contributed by atoms with Gasteiger partial charge in [0.05, 0.1) is 5.02 Å². The van der Waals surface area contributed by atoms with Crippen LogP contribution in [0.3, 0.4) is 0 Å². The van der Waals surface area contributed by atoms with E-state index in [2.05, 4.69) is 12.2 Å². The lowest BCUT2D eigenvalue weighted by atomic mass is 10.0. The molecular weight excluding hydrogens is 460 g/mol. The molecule has 184 valence electrons. The highest BCUT2D eigenvalue weighted by atomic mass is 35.5. The predicted molar refractivity (Wildman–Crippen MR) is 141 cm³/mol. The molecule has 0 aliphatic carbocycles. The molecule has 1 N–H and O–H groups in total. The van der Waals surface area contributed by atoms with Gasteiger partial charge in [0.25, 0.3) is 5.91 Å². The SMILES string of the molecule is CCCCNC(=O)[C@H](Cc1ccccc1)N(Cc1cccc(C)c1)C(=O)COc1ccccc1Cl. The number of ether oxygens (including phenoxy) is 1. The lowest BCUT2D eigenvalue weighted by molar-refractivity contribution is -0.142. The lowest BCUT2D eigenvalue weighted by Crippen LogP contribution is -2.51. The molecule has 0 unspecified atom stereocenters. The third kappa shape index (κ3) is 8.15. The van der Waals surface area contributed by atoms with Gasteiger partial charge in [-0.3, -0.25) is 9.59 Å². The normalized spacial score (nSPS) is 11.5. The number of unbranched alkanes of at least 4 members (excludes halogenated alkanes) is 1. The average Bonchev–Trinajstić information content (AvgIpc) is 2.86. The largest absolute Gasteiger partial charge is 0.482 e. The number of hydrogen-bond acceptors (Lipinski definition) is 3. The monoisotopic (exact) mass is 492 g/mol. The van der Waals surface area contributed by atoms with Crippen molar-refractivity contribution in [1.29, 1.82) is 0 Å². The summed E-state index contributed by atoms with van der Waals surface area (Å²) in [4.78, 5) is 28.6. The first kappa shape index (κ1) is 26.3. The van der Waals surface area contributed by atoms with Gasteiger partial charge in [-0.15, -0.1) is 0 Å². The summed E-state index contributed by atoms with van der Waals surface area (Å²) in [7, 11) is 0. The Balaban J connectivity index is 1.89. The Morgan fingerprint density at radius 1 is 0.971 bits per heavy atom. The minimum atomic E-state index is -0.683. The van der Waals surface area contributed by atoms with Crippen molar-refractivity contribution >= 4 is 23.4 Å². The highest BCUT2D eigenvalue weighted by Gasteiger charge is 2.30. The number of aryl methyl sites for hydroxylation is 1. The maximum Gasteiger partial charge on any atom is 0.261 e. The Hall–Kier alpha value is -3.31. The van der Waals surface area contributed by atoms with Gasteiger partial charge in [-0.1, -0.05) is 97.2 Å². The van der Waals surface area contributed by atoms with E-state index in [1.165, 1.54) is 0 Å². The molecule has 0 heterocycles. The van der Waals surface area contributed by atoms with E-state index in [-0.39, 0.29) is 18.4 Å². The van der Waals surface area contributed by atoms with Crippen molar-refractivity contribution < 1.29 is 14.3 Å². The molecule has 0 saturated heterocycles. The molecule has 2 amide bonds. The van der Waals surface area contributed by atoms with Crippen LogP contribution in [0.15, 0.2) is 78.9 Å². The van der Waals surface area contributed by atoms with E-state index in [1.807, 2.05) is 61.5 Å². The maximum absolute atomic E-state index is 13.6. The maximum atomic E-state index is 13.6. The van der Waals surface area contributed by atoms with Crippen molar-refractivity contribution in [2.75, 3.05) is 13.2 Å². The highest BCUT2D eigenvalue weighted by Crippen LogP contribution is 2.23. The second-order valence-corrected chi connectivity index (χ2v) is 8.99. The fraction of sp³-hybridized carbons (Fsp3) is 0.310.